The molecule has 4 aromatic rings. The van der Waals surface area contributed by atoms with E-state index in [1.165, 1.54) is 47.4 Å². The summed E-state index contributed by atoms with van der Waals surface area (Å²) in [5, 5.41) is 3.48. The van der Waals surface area contributed by atoms with Crippen LogP contribution in [0.4, 0.5) is 15.8 Å². The van der Waals surface area contributed by atoms with Crippen molar-refractivity contribution in [2.75, 3.05) is 49.1 Å². The van der Waals surface area contributed by atoms with E-state index in [-0.39, 0.29) is 44.9 Å². The van der Waals surface area contributed by atoms with Gasteiger partial charge in [-0.25, -0.2) is 12.8 Å². The number of benzene rings is 4. The molecule has 4 aromatic carbocycles. The summed E-state index contributed by atoms with van der Waals surface area (Å²) in [7, 11) is -4.04. The molecule has 2 aliphatic rings. The van der Waals surface area contributed by atoms with Crippen molar-refractivity contribution in [2.24, 2.45) is 0 Å². The Kier molecular flexibility index (Phi) is 8.89. The third kappa shape index (κ3) is 6.58. The van der Waals surface area contributed by atoms with Crippen LogP contribution in [0.2, 0.25) is 5.02 Å². The van der Waals surface area contributed by atoms with Crippen LogP contribution >= 0.6 is 11.6 Å². The van der Waals surface area contributed by atoms with Crippen LogP contribution in [-0.4, -0.2) is 64.4 Å². The molecule has 45 heavy (non-hydrogen) atoms. The van der Waals surface area contributed by atoms with Gasteiger partial charge in [-0.2, -0.15) is 0 Å². The van der Waals surface area contributed by atoms with Crippen molar-refractivity contribution in [2.45, 2.75) is 22.8 Å². The Balaban J connectivity index is 1.14. The summed E-state index contributed by atoms with van der Waals surface area (Å²) in [4.78, 5) is 32.9. The van der Waals surface area contributed by atoms with Crippen LogP contribution in [0.15, 0.2) is 101 Å². The first-order chi connectivity index (χ1) is 21.7. The van der Waals surface area contributed by atoms with Gasteiger partial charge in [-0.3, -0.25) is 14.5 Å². The van der Waals surface area contributed by atoms with E-state index in [0.717, 1.165) is 50.4 Å². The van der Waals surface area contributed by atoms with Crippen LogP contribution in [0.1, 0.15) is 32.7 Å². The van der Waals surface area contributed by atoms with Crippen molar-refractivity contribution in [3.8, 4) is 0 Å². The summed E-state index contributed by atoms with van der Waals surface area (Å²) >= 11 is 6.06. The number of hydrogen-bond acceptors (Lipinski definition) is 6. The molecule has 2 amide bonds. The minimum atomic E-state index is -4.04. The Hall–Kier alpha value is -4.25. The SMILES string of the molecule is O=C(NCCCN1CCN(c2ccc(F)cc2)CC1)c1ccc2c(c1)N(Cc1ccc(Cl)cc1)C(=O)c1ccccc1S2(=O)=O. The summed E-state index contributed by atoms with van der Waals surface area (Å²) in [5.74, 6) is -1.07. The molecule has 6 rings (SSSR count). The number of sulfone groups is 1. The molecule has 0 atom stereocenters. The molecular formula is C34H32ClFN4O4S. The topological polar surface area (TPSA) is 90.0 Å². The fourth-order valence-corrected chi connectivity index (χ4v) is 7.52. The van der Waals surface area contributed by atoms with Gasteiger partial charge in [-0.1, -0.05) is 35.9 Å². The Morgan fingerprint density at radius 3 is 2.31 bits per heavy atom. The number of amides is 2. The number of hydrogen-bond donors (Lipinski definition) is 1. The number of carbonyl (C=O) groups excluding carboxylic acids is 2. The van der Waals surface area contributed by atoms with E-state index in [4.69, 9.17) is 11.6 Å². The van der Waals surface area contributed by atoms with Crippen molar-refractivity contribution in [1.82, 2.24) is 10.2 Å². The van der Waals surface area contributed by atoms with Crippen LogP contribution in [-0.2, 0) is 16.4 Å². The average molecular weight is 647 g/mol. The smallest absolute Gasteiger partial charge is 0.259 e. The van der Waals surface area contributed by atoms with Crippen LogP contribution in [0, 0.1) is 5.82 Å². The van der Waals surface area contributed by atoms with Crippen molar-refractivity contribution >= 4 is 44.6 Å². The number of nitrogens with one attached hydrogen (secondary N) is 1. The van der Waals surface area contributed by atoms with Gasteiger partial charge in [-0.15, -0.1) is 0 Å². The second-order valence-electron chi connectivity index (χ2n) is 11.1. The third-order valence-electron chi connectivity index (χ3n) is 8.21. The quantitative estimate of drug-likeness (QED) is 0.258. The van der Waals surface area contributed by atoms with Gasteiger partial charge >= 0.3 is 0 Å². The zero-order valence-electron chi connectivity index (χ0n) is 24.5. The predicted octanol–water partition coefficient (Wildman–Crippen LogP) is 5.41. The van der Waals surface area contributed by atoms with E-state index in [1.54, 1.807) is 48.5 Å². The molecule has 2 heterocycles. The van der Waals surface area contributed by atoms with Gasteiger partial charge in [-0.05, 0) is 85.3 Å². The normalized spacial score (nSPS) is 16.1. The van der Waals surface area contributed by atoms with Gasteiger partial charge < -0.3 is 15.1 Å². The van der Waals surface area contributed by atoms with E-state index in [9.17, 15) is 22.4 Å². The molecule has 0 radical (unpaired) electrons. The van der Waals surface area contributed by atoms with Crippen molar-refractivity contribution < 1.29 is 22.4 Å². The summed E-state index contributed by atoms with van der Waals surface area (Å²) in [5.41, 5.74) is 2.25. The highest BCUT2D eigenvalue weighted by atomic mass is 35.5. The average Bonchev–Trinajstić information content (AvgIpc) is 3.12. The highest BCUT2D eigenvalue weighted by Crippen LogP contribution is 2.38. The Morgan fingerprint density at radius 1 is 0.867 bits per heavy atom. The number of nitrogens with zero attached hydrogens (tertiary/aromatic N) is 3. The first-order valence-electron chi connectivity index (χ1n) is 14.8. The van der Waals surface area contributed by atoms with E-state index >= 15 is 0 Å². The lowest BCUT2D eigenvalue weighted by atomic mass is 10.1. The Labute approximate surface area is 266 Å². The molecular weight excluding hydrogens is 615 g/mol. The summed E-state index contributed by atoms with van der Waals surface area (Å²) in [6.07, 6.45) is 0.734. The lowest BCUT2D eigenvalue weighted by Crippen LogP contribution is -2.47. The molecule has 0 aliphatic carbocycles. The lowest BCUT2D eigenvalue weighted by Gasteiger charge is -2.36. The molecule has 8 nitrogen and oxygen atoms in total. The number of fused-ring (bicyclic) bond motifs is 2. The largest absolute Gasteiger partial charge is 0.369 e. The van der Waals surface area contributed by atoms with Crippen molar-refractivity contribution in [1.29, 1.82) is 0 Å². The Bertz CT molecular complexity index is 1830. The van der Waals surface area contributed by atoms with E-state index in [2.05, 4.69) is 15.1 Å². The van der Waals surface area contributed by atoms with Crippen LogP contribution in [0.3, 0.4) is 0 Å². The van der Waals surface area contributed by atoms with Crippen molar-refractivity contribution in [3.63, 3.8) is 0 Å². The van der Waals surface area contributed by atoms with Gasteiger partial charge in [0.2, 0.25) is 9.84 Å². The Morgan fingerprint density at radius 2 is 1.58 bits per heavy atom. The molecule has 1 N–H and O–H groups in total. The number of anilines is 2. The second-order valence-corrected chi connectivity index (χ2v) is 13.4. The highest BCUT2D eigenvalue weighted by Gasteiger charge is 2.36. The number of halogens is 2. The maximum atomic E-state index is 13.8. The maximum absolute atomic E-state index is 13.8. The van der Waals surface area contributed by atoms with Crippen LogP contribution in [0.25, 0.3) is 0 Å². The summed E-state index contributed by atoms with van der Waals surface area (Å²) in [6, 6.07) is 24.0. The molecule has 0 saturated carbocycles. The van der Waals surface area contributed by atoms with Gasteiger partial charge in [0.15, 0.2) is 0 Å². The fraction of sp³-hybridized carbons (Fsp3) is 0.235. The molecule has 1 saturated heterocycles. The highest BCUT2D eigenvalue weighted by molar-refractivity contribution is 7.91. The number of piperazine rings is 1. The van der Waals surface area contributed by atoms with Crippen molar-refractivity contribution in [3.05, 3.63) is 119 Å². The third-order valence-corrected chi connectivity index (χ3v) is 10.3. The monoisotopic (exact) mass is 646 g/mol. The molecule has 11 heteroatoms. The predicted molar refractivity (Wildman–Crippen MR) is 172 cm³/mol. The summed E-state index contributed by atoms with van der Waals surface area (Å²) in [6.45, 7) is 4.74. The first-order valence-corrected chi connectivity index (χ1v) is 16.6. The van der Waals surface area contributed by atoms with Gasteiger partial charge in [0.1, 0.15) is 5.82 Å². The minimum Gasteiger partial charge on any atom is -0.369 e. The lowest BCUT2D eigenvalue weighted by molar-refractivity contribution is 0.0948. The van der Waals surface area contributed by atoms with Crippen LogP contribution in [0.5, 0.6) is 0 Å². The first kappa shape index (κ1) is 30.8. The summed E-state index contributed by atoms with van der Waals surface area (Å²) < 4.78 is 40.7. The molecule has 232 valence electrons. The van der Waals surface area contributed by atoms with Gasteiger partial charge in [0, 0.05) is 49.0 Å². The zero-order valence-corrected chi connectivity index (χ0v) is 26.0. The van der Waals surface area contributed by atoms with Gasteiger partial charge in [0.05, 0.1) is 27.6 Å². The minimum absolute atomic E-state index is 0.0360. The van der Waals surface area contributed by atoms with E-state index in [0.29, 0.717) is 11.6 Å². The number of rotatable bonds is 8. The fourth-order valence-electron chi connectivity index (χ4n) is 5.77. The maximum Gasteiger partial charge on any atom is 0.259 e. The molecule has 2 aliphatic heterocycles. The number of carbonyl (C=O) groups is 2. The molecule has 0 aromatic heterocycles. The standard InChI is InChI=1S/C34H32ClFN4O4S/c35-26-9-6-24(7-10-26)23-40-30-22-25(8-15-32(30)45(43,44)31-5-2-1-4-29(31)34(40)42)33(41)37-16-3-17-38-18-20-39(21-19-38)28-13-11-27(36)12-14-28/h1-2,4-15,22H,3,16-21,23H2,(H,37,41). The molecule has 0 bridgehead atoms. The molecule has 0 unspecified atom stereocenters. The zero-order chi connectivity index (χ0) is 31.6. The van der Waals surface area contributed by atoms with Gasteiger partial charge in [0.25, 0.3) is 11.8 Å². The van der Waals surface area contributed by atoms with E-state index in [1.807, 2.05) is 0 Å². The van der Waals surface area contributed by atoms with E-state index < -0.39 is 15.7 Å². The van der Waals surface area contributed by atoms with Crippen LogP contribution < -0.4 is 15.1 Å². The molecule has 1 fully saturated rings. The second kappa shape index (κ2) is 13.0. The molecule has 0 spiro atoms.